The quantitative estimate of drug-likeness (QED) is 0.555. The summed E-state index contributed by atoms with van der Waals surface area (Å²) in [5.74, 6) is 0.0642. The highest BCUT2D eigenvalue weighted by Gasteiger charge is 2.41. The Morgan fingerprint density at radius 2 is 2.26 bits per heavy atom. The number of nitrogens with two attached hydrogens (primary N) is 1. The number of H-pyrrole nitrogens is 1. The Balaban J connectivity index is 2.05. The summed E-state index contributed by atoms with van der Waals surface area (Å²) in [6, 6.07) is -0.0131. The second-order valence-corrected chi connectivity index (χ2v) is 4.87. The molecule has 0 aliphatic heterocycles. The van der Waals surface area contributed by atoms with Gasteiger partial charge in [0.15, 0.2) is 11.2 Å². The third kappa shape index (κ3) is 1.71. The van der Waals surface area contributed by atoms with Crippen molar-refractivity contribution in [2.24, 2.45) is 11.8 Å². The van der Waals surface area contributed by atoms with Crippen molar-refractivity contribution < 1.29 is 10.2 Å². The number of nitrogens with zero attached hydrogens (tertiary/aromatic N) is 3. The SMILES string of the molecule is Nc1nc2c(ncn2[C@H]2C[C@@H](CO)[C@@H]2CO)c(=O)[nH]1. The van der Waals surface area contributed by atoms with Crippen molar-refractivity contribution in [1.82, 2.24) is 19.5 Å². The molecule has 0 amide bonds. The maximum absolute atomic E-state index is 11.7. The lowest BCUT2D eigenvalue weighted by molar-refractivity contribution is -0.00528. The van der Waals surface area contributed by atoms with Gasteiger partial charge in [-0.15, -0.1) is 0 Å². The first-order chi connectivity index (χ1) is 9.15. The Kier molecular flexibility index (Phi) is 2.76. The molecule has 0 unspecified atom stereocenters. The van der Waals surface area contributed by atoms with E-state index in [0.29, 0.717) is 5.65 Å². The Labute approximate surface area is 107 Å². The summed E-state index contributed by atoms with van der Waals surface area (Å²) in [5.41, 5.74) is 5.81. The largest absolute Gasteiger partial charge is 0.396 e. The standard InChI is InChI=1S/C11H15N5O3/c12-11-14-9-8(10(19)15-11)13-4-16(9)7-1-5(2-17)6(7)3-18/h4-7,17-18H,1-3H2,(H3,12,14,15,19)/t5-,6-,7-/m0/s1. The number of nitrogen functional groups attached to an aromatic ring is 1. The summed E-state index contributed by atoms with van der Waals surface area (Å²) < 4.78 is 1.76. The van der Waals surface area contributed by atoms with Gasteiger partial charge in [0, 0.05) is 25.2 Å². The molecule has 2 aromatic heterocycles. The van der Waals surface area contributed by atoms with Gasteiger partial charge in [-0.1, -0.05) is 0 Å². The van der Waals surface area contributed by atoms with Gasteiger partial charge in [0.2, 0.25) is 5.95 Å². The topological polar surface area (TPSA) is 130 Å². The van der Waals surface area contributed by atoms with Crippen molar-refractivity contribution in [3.8, 4) is 0 Å². The van der Waals surface area contributed by atoms with Gasteiger partial charge in [-0.05, 0) is 12.3 Å². The molecule has 3 rings (SSSR count). The van der Waals surface area contributed by atoms with Gasteiger partial charge >= 0.3 is 0 Å². The Morgan fingerprint density at radius 1 is 1.47 bits per heavy atom. The number of hydrogen-bond acceptors (Lipinski definition) is 6. The van der Waals surface area contributed by atoms with Crippen LogP contribution in [0.25, 0.3) is 11.2 Å². The molecule has 8 nitrogen and oxygen atoms in total. The number of fused-ring (bicyclic) bond motifs is 1. The zero-order valence-corrected chi connectivity index (χ0v) is 10.2. The molecule has 3 atom stereocenters. The maximum atomic E-state index is 11.7. The molecule has 0 bridgehead atoms. The molecule has 102 valence electrons. The van der Waals surface area contributed by atoms with Crippen LogP contribution >= 0.6 is 0 Å². The van der Waals surface area contributed by atoms with Crippen LogP contribution in [0.15, 0.2) is 11.1 Å². The monoisotopic (exact) mass is 265 g/mol. The summed E-state index contributed by atoms with van der Waals surface area (Å²) in [5, 5.41) is 18.6. The highest BCUT2D eigenvalue weighted by molar-refractivity contribution is 5.70. The predicted octanol–water partition coefficient (Wildman–Crippen LogP) is -1.14. The first kappa shape index (κ1) is 12.1. The van der Waals surface area contributed by atoms with Crippen LogP contribution in [0.1, 0.15) is 12.5 Å². The molecule has 2 aromatic rings. The van der Waals surface area contributed by atoms with Gasteiger partial charge in [0.1, 0.15) is 0 Å². The Morgan fingerprint density at radius 3 is 2.95 bits per heavy atom. The van der Waals surface area contributed by atoms with E-state index in [1.54, 1.807) is 4.57 Å². The van der Waals surface area contributed by atoms with Gasteiger partial charge in [0.05, 0.1) is 6.33 Å². The van der Waals surface area contributed by atoms with Crippen molar-refractivity contribution in [1.29, 1.82) is 0 Å². The lowest BCUT2D eigenvalue weighted by atomic mass is 9.70. The van der Waals surface area contributed by atoms with Gasteiger partial charge in [-0.2, -0.15) is 4.98 Å². The third-order valence-electron chi connectivity index (χ3n) is 3.90. The number of nitrogens with one attached hydrogen (secondary N) is 1. The van der Waals surface area contributed by atoms with Crippen LogP contribution in [0.4, 0.5) is 5.95 Å². The molecule has 0 aromatic carbocycles. The minimum Gasteiger partial charge on any atom is -0.396 e. The Bertz CT molecular complexity index is 664. The van der Waals surface area contributed by atoms with Crippen molar-refractivity contribution in [2.75, 3.05) is 18.9 Å². The number of aliphatic hydroxyl groups is 2. The van der Waals surface area contributed by atoms with E-state index in [1.807, 2.05) is 0 Å². The second-order valence-electron chi connectivity index (χ2n) is 4.87. The van der Waals surface area contributed by atoms with Gasteiger partial charge < -0.3 is 20.5 Å². The van der Waals surface area contributed by atoms with E-state index in [0.717, 1.165) is 6.42 Å². The first-order valence-corrected chi connectivity index (χ1v) is 6.09. The third-order valence-corrected chi connectivity index (χ3v) is 3.90. The number of imidazole rings is 1. The minimum atomic E-state index is -0.375. The van der Waals surface area contributed by atoms with Crippen molar-refractivity contribution in [2.45, 2.75) is 12.5 Å². The highest BCUT2D eigenvalue weighted by Crippen LogP contribution is 2.44. The lowest BCUT2D eigenvalue weighted by Gasteiger charge is -2.43. The van der Waals surface area contributed by atoms with Crippen molar-refractivity contribution in [3.63, 3.8) is 0 Å². The molecule has 0 spiro atoms. The van der Waals surface area contributed by atoms with Crippen molar-refractivity contribution >= 4 is 17.1 Å². The summed E-state index contributed by atoms with van der Waals surface area (Å²) in [6.07, 6.45) is 2.26. The minimum absolute atomic E-state index is 0.0131. The smallest absolute Gasteiger partial charge is 0.280 e. The van der Waals surface area contributed by atoms with E-state index >= 15 is 0 Å². The fourth-order valence-corrected chi connectivity index (χ4v) is 2.76. The molecule has 1 saturated carbocycles. The fourth-order valence-electron chi connectivity index (χ4n) is 2.76. The van der Waals surface area contributed by atoms with Gasteiger partial charge in [-0.25, -0.2) is 4.98 Å². The summed E-state index contributed by atoms with van der Waals surface area (Å²) in [4.78, 5) is 22.2. The number of anilines is 1. The molecule has 2 heterocycles. The molecule has 5 N–H and O–H groups in total. The number of aromatic amines is 1. The van der Waals surface area contributed by atoms with Gasteiger partial charge in [0.25, 0.3) is 5.56 Å². The average molecular weight is 265 g/mol. The molecule has 1 fully saturated rings. The first-order valence-electron chi connectivity index (χ1n) is 6.09. The summed E-state index contributed by atoms with van der Waals surface area (Å²) in [7, 11) is 0. The molecule has 1 aliphatic rings. The number of aromatic nitrogens is 4. The zero-order valence-electron chi connectivity index (χ0n) is 10.2. The van der Waals surface area contributed by atoms with Crippen LogP contribution in [0.3, 0.4) is 0 Å². The van der Waals surface area contributed by atoms with Crippen LogP contribution < -0.4 is 11.3 Å². The zero-order chi connectivity index (χ0) is 13.6. The van der Waals surface area contributed by atoms with E-state index in [-0.39, 0.29) is 48.1 Å². The molecular weight excluding hydrogens is 250 g/mol. The lowest BCUT2D eigenvalue weighted by Crippen LogP contribution is -2.42. The number of rotatable bonds is 3. The van der Waals surface area contributed by atoms with Crippen LogP contribution in [0.5, 0.6) is 0 Å². The van der Waals surface area contributed by atoms with E-state index in [4.69, 9.17) is 5.73 Å². The fraction of sp³-hybridized carbons (Fsp3) is 0.545. The average Bonchev–Trinajstić information content (AvgIpc) is 2.73. The molecule has 19 heavy (non-hydrogen) atoms. The number of aliphatic hydroxyl groups excluding tert-OH is 2. The van der Waals surface area contributed by atoms with E-state index in [9.17, 15) is 15.0 Å². The van der Waals surface area contributed by atoms with Gasteiger partial charge in [-0.3, -0.25) is 9.78 Å². The van der Waals surface area contributed by atoms with Crippen molar-refractivity contribution in [3.05, 3.63) is 16.7 Å². The summed E-state index contributed by atoms with van der Waals surface area (Å²) >= 11 is 0. The van der Waals surface area contributed by atoms with Crippen LogP contribution in [0.2, 0.25) is 0 Å². The van der Waals surface area contributed by atoms with Crippen LogP contribution in [-0.4, -0.2) is 42.9 Å². The molecular formula is C11H15N5O3. The predicted molar refractivity (Wildman–Crippen MR) is 67.4 cm³/mol. The van der Waals surface area contributed by atoms with E-state index < -0.39 is 0 Å². The molecule has 0 radical (unpaired) electrons. The summed E-state index contributed by atoms with van der Waals surface area (Å²) in [6.45, 7) is 0.0265. The van der Waals surface area contributed by atoms with Crippen LogP contribution in [0, 0.1) is 11.8 Å². The van der Waals surface area contributed by atoms with E-state index in [2.05, 4.69) is 15.0 Å². The highest BCUT2D eigenvalue weighted by atomic mass is 16.3. The molecule has 0 saturated heterocycles. The second kappa shape index (κ2) is 4.32. The normalized spacial score (nSPS) is 26.5. The maximum Gasteiger partial charge on any atom is 0.280 e. The molecule has 8 heteroatoms. The van der Waals surface area contributed by atoms with E-state index in [1.165, 1.54) is 6.33 Å². The Hall–Kier alpha value is -1.93. The van der Waals surface area contributed by atoms with Crippen LogP contribution in [-0.2, 0) is 0 Å². The number of hydrogen-bond donors (Lipinski definition) is 4. The molecule has 1 aliphatic carbocycles.